The summed E-state index contributed by atoms with van der Waals surface area (Å²) < 4.78 is 22.4. The lowest BCUT2D eigenvalue weighted by Crippen LogP contribution is -2.42. The molecule has 0 amide bonds. The second kappa shape index (κ2) is 5.65. The summed E-state index contributed by atoms with van der Waals surface area (Å²) in [5, 5.41) is 14.8. The molecule has 0 bridgehead atoms. The van der Waals surface area contributed by atoms with Crippen molar-refractivity contribution >= 4 is 10.0 Å². The number of primary sulfonamides is 1. The molecule has 6 heteroatoms. The lowest BCUT2D eigenvalue weighted by atomic mass is 9.83. The molecule has 0 aromatic heterocycles. The Labute approximate surface area is 98.0 Å². The SMILES string of the molecule is CCC(C=CN(C)C)(CC)C(O)S(N)(=O)=O. The fourth-order valence-electron chi connectivity index (χ4n) is 1.54. The van der Waals surface area contributed by atoms with Gasteiger partial charge in [0.05, 0.1) is 0 Å². The van der Waals surface area contributed by atoms with Gasteiger partial charge in [0, 0.05) is 19.5 Å². The Morgan fingerprint density at radius 2 is 1.81 bits per heavy atom. The van der Waals surface area contributed by atoms with Crippen LogP contribution in [0.4, 0.5) is 0 Å². The van der Waals surface area contributed by atoms with Gasteiger partial charge in [-0.3, -0.25) is 0 Å². The number of sulfonamides is 1. The number of hydrogen-bond donors (Lipinski definition) is 2. The maximum Gasteiger partial charge on any atom is 0.236 e. The lowest BCUT2D eigenvalue weighted by molar-refractivity contribution is 0.117. The van der Waals surface area contributed by atoms with Crippen molar-refractivity contribution in [2.45, 2.75) is 32.1 Å². The predicted molar refractivity (Wildman–Crippen MR) is 65.0 cm³/mol. The van der Waals surface area contributed by atoms with Gasteiger partial charge >= 0.3 is 0 Å². The molecule has 0 spiro atoms. The molecule has 1 atom stereocenters. The molecule has 0 radical (unpaired) electrons. The Morgan fingerprint density at radius 3 is 2.06 bits per heavy atom. The van der Waals surface area contributed by atoms with Gasteiger partial charge in [0.25, 0.3) is 0 Å². The third kappa shape index (κ3) is 3.77. The first-order valence-electron chi connectivity index (χ1n) is 5.25. The smallest absolute Gasteiger partial charge is 0.236 e. The Morgan fingerprint density at radius 1 is 1.38 bits per heavy atom. The van der Waals surface area contributed by atoms with Crippen LogP contribution >= 0.6 is 0 Å². The van der Waals surface area contributed by atoms with E-state index < -0.39 is 20.9 Å². The number of aliphatic hydroxyl groups excluding tert-OH is 1. The van der Waals surface area contributed by atoms with Crippen LogP contribution in [-0.4, -0.2) is 38.0 Å². The number of hydrogen-bond acceptors (Lipinski definition) is 4. The van der Waals surface area contributed by atoms with Crippen molar-refractivity contribution in [3.63, 3.8) is 0 Å². The summed E-state index contributed by atoms with van der Waals surface area (Å²) in [5.74, 6) is 0. The largest absolute Gasteiger partial charge is 0.384 e. The van der Waals surface area contributed by atoms with Crippen molar-refractivity contribution in [2.75, 3.05) is 14.1 Å². The first-order valence-corrected chi connectivity index (χ1v) is 6.86. The van der Waals surface area contributed by atoms with Crippen LogP contribution in [0.2, 0.25) is 0 Å². The molecule has 5 nitrogen and oxygen atoms in total. The minimum atomic E-state index is -3.95. The zero-order valence-corrected chi connectivity index (χ0v) is 11.2. The summed E-state index contributed by atoms with van der Waals surface area (Å²) in [6.07, 6.45) is 4.46. The van der Waals surface area contributed by atoms with Crippen molar-refractivity contribution in [1.82, 2.24) is 4.90 Å². The van der Waals surface area contributed by atoms with Crippen molar-refractivity contribution in [3.05, 3.63) is 12.3 Å². The first-order chi connectivity index (χ1) is 7.19. The summed E-state index contributed by atoms with van der Waals surface area (Å²) in [7, 11) is -0.288. The van der Waals surface area contributed by atoms with Crippen molar-refractivity contribution in [1.29, 1.82) is 0 Å². The van der Waals surface area contributed by atoms with Gasteiger partial charge in [0.2, 0.25) is 10.0 Å². The van der Waals surface area contributed by atoms with Gasteiger partial charge in [-0.25, -0.2) is 13.6 Å². The Hall–Kier alpha value is -0.590. The second-order valence-electron chi connectivity index (χ2n) is 4.16. The van der Waals surface area contributed by atoms with E-state index in [9.17, 15) is 13.5 Å². The maximum absolute atomic E-state index is 11.2. The van der Waals surface area contributed by atoms with Crippen molar-refractivity contribution in [3.8, 4) is 0 Å². The number of rotatable bonds is 6. The van der Waals surface area contributed by atoms with E-state index in [1.165, 1.54) is 0 Å². The van der Waals surface area contributed by atoms with E-state index in [1.807, 2.05) is 27.9 Å². The van der Waals surface area contributed by atoms with Crippen LogP contribution in [0.1, 0.15) is 26.7 Å². The highest BCUT2D eigenvalue weighted by molar-refractivity contribution is 7.89. The van der Waals surface area contributed by atoms with E-state index in [-0.39, 0.29) is 0 Å². The van der Waals surface area contributed by atoms with Gasteiger partial charge in [-0.15, -0.1) is 0 Å². The normalized spacial score (nSPS) is 15.4. The highest BCUT2D eigenvalue weighted by Crippen LogP contribution is 2.34. The average molecular weight is 250 g/mol. The number of nitrogens with zero attached hydrogens (tertiary/aromatic N) is 1. The van der Waals surface area contributed by atoms with Crippen LogP contribution in [0.25, 0.3) is 0 Å². The molecule has 0 aromatic carbocycles. The van der Waals surface area contributed by atoms with Crippen LogP contribution in [0.15, 0.2) is 12.3 Å². The van der Waals surface area contributed by atoms with Gasteiger partial charge in [0.15, 0.2) is 5.44 Å². The molecule has 0 fully saturated rings. The van der Waals surface area contributed by atoms with Gasteiger partial charge in [-0.05, 0) is 19.0 Å². The summed E-state index contributed by atoms with van der Waals surface area (Å²) in [6.45, 7) is 3.66. The maximum atomic E-state index is 11.2. The molecular weight excluding hydrogens is 228 g/mol. The molecular formula is C10H22N2O3S. The molecule has 0 heterocycles. The Bertz CT molecular complexity index is 332. The van der Waals surface area contributed by atoms with Crippen molar-refractivity contribution < 1.29 is 13.5 Å². The molecule has 16 heavy (non-hydrogen) atoms. The van der Waals surface area contributed by atoms with E-state index in [2.05, 4.69) is 0 Å². The monoisotopic (exact) mass is 250 g/mol. The van der Waals surface area contributed by atoms with Gasteiger partial charge < -0.3 is 10.0 Å². The summed E-state index contributed by atoms with van der Waals surface area (Å²) in [5.41, 5.74) is -2.39. The molecule has 0 aliphatic carbocycles. The standard InChI is InChI=1S/C10H22N2O3S/c1-5-10(6-2,7-8-12(3)4)9(13)16(11,14)15/h7-9,13H,5-6H2,1-4H3,(H2,11,14,15). The van der Waals surface area contributed by atoms with E-state index in [0.717, 1.165) is 0 Å². The summed E-state index contributed by atoms with van der Waals surface area (Å²) in [4.78, 5) is 1.79. The van der Waals surface area contributed by atoms with Gasteiger partial charge in [-0.2, -0.15) is 0 Å². The number of aliphatic hydroxyl groups is 1. The van der Waals surface area contributed by atoms with Crippen LogP contribution in [-0.2, 0) is 10.0 Å². The quantitative estimate of drug-likeness (QED) is 0.718. The third-order valence-electron chi connectivity index (χ3n) is 2.82. The molecule has 0 rings (SSSR count). The van der Waals surface area contributed by atoms with Crippen LogP contribution in [0.3, 0.4) is 0 Å². The zero-order chi connectivity index (χ0) is 13.0. The predicted octanol–water partition coefficient (Wildman–Crippen LogP) is 0.475. The van der Waals surface area contributed by atoms with E-state index in [4.69, 9.17) is 5.14 Å². The van der Waals surface area contributed by atoms with E-state index in [0.29, 0.717) is 12.8 Å². The first kappa shape index (κ1) is 15.4. The summed E-state index contributed by atoms with van der Waals surface area (Å²) in [6, 6.07) is 0. The number of nitrogens with two attached hydrogens (primary N) is 1. The molecule has 0 aromatic rings. The third-order valence-corrected chi connectivity index (χ3v) is 3.92. The Kier molecular flexibility index (Phi) is 5.44. The fraction of sp³-hybridized carbons (Fsp3) is 0.800. The molecule has 0 saturated heterocycles. The molecule has 96 valence electrons. The minimum absolute atomic E-state index is 0.505. The summed E-state index contributed by atoms with van der Waals surface area (Å²) >= 11 is 0. The molecule has 1 unspecified atom stereocenters. The Balaban J connectivity index is 5.26. The minimum Gasteiger partial charge on any atom is -0.384 e. The van der Waals surface area contributed by atoms with E-state index >= 15 is 0 Å². The fourth-order valence-corrected chi connectivity index (χ4v) is 2.61. The topological polar surface area (TPSA) is 83.6 Å². The zero-order valence-electron chi connectivity index (χ0n) is 10.3. The van der Waals surface area contributed by atoms with Crippen LogP contribution < -0.4 is 5.14 Å². The molecule has 0 aliphatic rings. The molecule has 3 N–H and O–H groups in total. The van der Waals surface area contributed by atoms with Crippen LogP contribution in [0.5, 0.6) is 0 Å². The van der Waals surface area contributed by atoms with Crippen molar-refractivity contribution in [2.24, 2.45) is 10.6 Å². The molecule has 0 saturated carbocycles. The van der Waals surface area contributed by atoms with Crippen LogP contribution in [0, 0.1) is 5.41 Å². The highest BCUT2D eigenvalue weighted by atomic mass is 32.2. The lowest BCUT2D eigenvalue weighted by Gasteiger charge is -2.32. The average Bonchev–Trinajstić information content (AvgIpc) is 2.18. The van der Waals surface area contributed by atoms with E-state index in [1.54, 1.807) is 17.2 Å². The highest BCUT2D eigenvalue weighted by Gasteiger charge is 2.39. The van der Waals surface area contributed by atoms with Gasteiger partial charge in [0.1, 0.15) is 0 Å². The second-order valence-corrected chi connectivity index (χ2v) is 5.79. The van der Waals surface area contributed by atoms with Gasteiger partial charge in [-0.1, -0.05) is 19.9 Å². The molecule has 0 aliphatic heterocycles.